The van der Waals surface area contributed by atoms with Crippen LogP contribution in [-0.4, -0.2) is 29.5 Å². The van der Waals surface area contributed by atoms with Crippen LogP contribution in [-0.2, 0) is 11.8 Å². The lowest BCUT2D eigenvalue weighted by Crippen LogP contribution is -2.36. The third kappa shape index (κ3) is 2.87. The van der Waals surface area contributed by atoms with Crippen LogP contribution in [0.3, 0.4) is 0 Å². The van der Waals surface area contributed by atoms with Gasteiger partial charge in [-0.2, -0.15) is 5.10 Å². The maximum atomic E-state index is 5.71. The van der Waals surface area contributed by atoms with E-state index < -0.39 is 0 Å². The highest BCUT2D eigenvalue weighted by Crippen LogP contribution is 2.39. The van der Waals surface area contributed by atoms with Gasteiger partial charge in [0.05, 0.1) is 17.8 Å². The van der Waals surface area contributed by atoms with Gasteiger partial charge in [-0.1, -0.05) is 6.92 Å². The van der Waals surface area contributed by atoms with Crippen molar-refractivity contribution in [1.82, 2.24) is 15.1 Å². The lowest BCUT2D eigenvalue weighted by Gasteiger charge is -2.27. The minimum atomic E-state index is 0.264. The number of nitrogens with zero attached hydrogens (tertiary/aromatic N) is 2. The summed E-state index contributed by atoms with van der Waals surface area (Å²) in [5.41, 5.74) is 1.22. The fourth-order valence-corrected chi connectivity index (χ4v) is 2.40. The van der Waals surface area contributed by atoms with Crippen molar-refractivity contribution in [3.05, 3.63) is 18.0 Å². The number of hydrogen-bond donors (Lipinski definition) is 1. The Hall–Kier alpha value is -0.870. The molecule has 1 saturated carbocycles. The lowest BCUT2D eigenvalue weighted by molar-refractivity contribution is 0.0482. The monoisotopic (exact) mass is 237 g/mol. The molecule has 1 fully saturated rings. The molecule has 17 heavy (non-hydrogen) atoms. The van der Waals surface area contributed by atoms with E-state index >= 15 is 0 Å². The van der Waals surface area contributed by atoms with Crippen molar-refractivity contribution >= 4 is 0 Å². The topological polar surface area (TPSA) is 39.1 Å². The quantitative estimate of drug-likeness (QED) is 0.787. The molecule has 4 heteroatoms. The smallest absolute Gasteiger partial charge is 0.0809 e. The van der Waals surface area contributed by atoms with E-state index in [2.05, 4.69) is 23.4 Å². The minimum Gasteiger partial charge on any atom is -0.379 e. The molecule has 4 nitrogen and oxygen atoms in total. The van der Waals surface area contributed by atoms with Crippen molar-refractivity contribution in [2.75, 3.05) is 13.7 Å². The summed E-state index contributed by atoms with van der Waals surface area (Å²) >= 11 is 0. The first-order chi connectivity index (χ1) is 8.27. The van der Waals surface area contributed by atoms with Crippen LogP contribution in [0.2, 0.25) is 0 Å². The summed E-state index contributed by atoms with van der Waals surface area (Å²) in [7, 11) is 3.82. The van der Waals surface area contributed by atoms with Gasteiger partial charge in [-0.05, 0) is 37.8 Å². The lowest BCUT2D eigenvalue weighted by atomic mass is 10.0. The molecule has 0 bridgehead atoms. The molecule has 2 unspecified atom stereocenters. The number of methoxy groups -OCH3 is 1. The normalized spacial score (nSPS) is 19.2. The Labute approximate surface area is 103 Å². The highest BCUT2D eigenvalue weighted by molar-refractivity contribution is 5.11. The summed E-state index contributed by atoms with van der Waals surface area (Å²) in [6, 6.07) is 2.35. The number of hydrogen-bond acceptors (Lipinski definition) is 3. The molecule has 1 aliphatic rings. The van der Waals surface area contributed by atoms with Gasteiger partial charge in [0.1, 0.15) is 0 Å². The molecule has 0 amide bonds. The van der Waals surface area contributed by atoms with Gasteiger partial charge < -0.3 is 10.1 Å². The van der Waals surface area contributed by atoms with Crippen molar-refractivity contribution in [2.24, 2.45) is 13.0 Å². The Morgan fingerprint density at radius 1 is 1.59 bits per heavy atom. The van der Waals surface area contributed by atoms with Gasteiger partial charge in [0.2, 0.25) is 0 Å². The molecule has 1 heterocycles. The molecule has 0 saturated heterocycles. The van der Waals surface area contributed by atoms with Gasteiger partial charge in [-0.15, -0.1) is 0 Å². The standard InChI is InChI=1S/C13H23N3O/c1-4-8-14-12(11-7-9-15-16(11)2)13(17-3)10-5-6-10/h7,9-10,12-14H,4-6,8H2,1-3H3. The van der Waals surface area contributed by atoms with Crippen molar-refractivity contribution < 1.29 is 4.74 Å². The molecule has 1 aliphatic carbocycles. The molecular weight excluding hydrogens is 214 g/mol. The van der Waals surface area contributed by atoms with Crippen LogP contribution in [0.5, 0.6) is 0 Å². The molecule has 1 aromatic heterocycles. The second-order valence-corrected chi connectivity index (χ2v) is 4.85. The Kier molecular flexibility index (Phi) is 4.18. The van der Waals surface area contributed by atoms with E-state index in [-0.39, 0.29) is 12.1 Å². The van der Waals surface area contributed by atoms with Crippen molar-refractivity contribution in [2.45, 2.75) is 38.3 Å². The second-order valence-electron chi connectivity index (χ2n) is 4.85. The van der Waals surface area contributed by atoms with Gasteiger partial charge in [-0.3, -0.25) is 4.68 Å². The second kappa shape index (κ2) is 5.65. The minimum absolute atomic E-state index is 0.264. The van der Waals surface area contributed by atoms with E-state index in [0.717, 1.165) is 13.0 Å². The Balaban J connectivity index is 2.14. The molecule has 0 radical (unpaired) electrons. The number of nitrogens with one attached hydrogen (secondary N) is 1. The predicted octanol–water partition coefficient (Wildman–Crippen LogP) is 1.89. The zero-order valence-electron chi connectivity index (χ0n) is 11.0. The molecule has 0 aromatic carbocycles. The molecule has 2 rings (SSSR count). The van der Waals surface area contributed by atoms with Crippen LogP contribution in [0.4, 0.5) is 0 Å². The number of rotatable bonds is 7. The summed E-state index contributed by atoms with van der Waals surface area (Å²) in [4.78, 5) is 0. The van der Waals surface area contributed by atoms with E-state index in [1.54, 1.807) is 0 Å². The molecule has 0 spiro atoms. The van der Waals surface area contributed by atoms with Crippen LogP contribution in [0.1, 0.15) is 37.9 Å². The molecule has 1 aromatic rings. The average molecular weight is 237 g/mol. The average Bonchev–Trinajstić information content (AvgIpc) is 3.07. The number of ether oxygens (including phenoxy) is 1. The van der Waals surface area contributed by atoms with Crippen LogP contribution < -0.4 is 5.32 Å². The molecule has 0 aliphatic heterocycles. The van der Waals surface area contributed by atoms with Gasteiger partial charge in [-0.25, -0.2) is 0 Å². The third-order valence-corrected chi connectivity index (χ3v) is 3.48. The summed E-state index contributed by atoms with van der Waals surface area (Å²) in [5.74, 6) is 0.712. The molecule has 96 valence electrons. The third-order valence-electron chi connectivity index (χ3n) is 3.48. The van der Waals surface area contributed by atoms with E-state index in [9.17, 15) is 0 Å². The van der Waals surface area contributed by atoms with Crippen LogP contribution in [0, 0.1) is 5.92 Å². The van der Waals surface area contributed by atoms with E-state index in [4.69, 9.17) is 4.74 Å². The summed E-state index contributed by atoms with van der Waals surface area (Å²) < 4.78 is 7.65. The summed E-state index contributed by atoms with van der Waals surface area (Å²) in [6.45, 7) is 3.20. The largest absolute Gasteiger partial charge is 0.379 e. The van der Waals surface area contributed by atoms with Crippen LogP contribution in [0.25, 0.3) is 0 Å². The SMILES string of the molecule is CCCNC(c1ccnn1C)C(OC)C1CC1. The van der Waals surface area contributed by atoms with Crippen molar-refractivity contribution in [3.63, 3.8) is 0 Å². The van der Waals surface area contributed by atoms with E-state index in [1.165, 1.54) is 18.5 Å². The zero-order chi connectivity index (χ0) is 12.3. The first-order valence-corrected chi connectivity index (χ1v) is 6.52. The van der Waals surface area contributed by atoms with Crippen LogP contribution in [0.15, 0.2) is 12.3 Å². The molecule has 2 atom stereocenters. The van der Waals surface area contributed by atoms with Gasteiger partial charge in [0, 0.05) is 20.4 Å². The Bertz CT molecular complexity index is 346. The summed E-state index contributed by atoms with van der Waals surface area (Å²) in [6.07, 6.45) is 5.85. The maximum absolute atomic E-state index is 5.71. The van der Waals surface area contributed by atoms with E-state index in [1.807, 2.05) is 25.0 Å². The molecule has 1 N–H and O–H groups in total. The zero-order valence-corrected chi connectivity index (χ0v) is 11.0. The maximum Gasteiger partial charge on any atom is 0.0809 e. The van der Waals surface area contributed by atoms with Gasteiger partial charge >= 0.3 is 0 Å². The van der Waals surface area contributed by atoms with E-state index in [0.29, 0.717) is 5.92 Å². The first kappa shape index (κ1) is 12.6. The highest BCUT2D eigenvalue weighted by Gasteiger charge is 2.38. The predicted molar refractivity (Wildman–Crippen MR) is 67.8 cm³/mol. The highest BCUT2D eigenvalue weighted by atomic mass is 16.5. The number of aryl methyl sites for hydroxylation is 1. The summed E-state index contributed by atoms with van der Waals surface area (Å²) in [5, 5.41) is 7.86. The number of aromatic nitrogens is 2. The van der Waals surface area contributed by atoms with Crippen molar-refractivity contribution in [3.8, 4) is 0 Å². The fraction of sp³-hybridized carbons (Fsp3) is 0.769. The Morgan fingerprint density at radius 3 is 2.82 bits per heavy atom. The van der Waals surface area contributed by atoms with Gasteiger partial charge in [0.25, 0.3) is 0 Å². The van der Waals surface area contributed by atoms with Crippen LogP contribution >= 0.6 is 0 Å². The van der Waals surface area contributed by atoms with Gasteiger partial charge in [0.15, 0.2) is 0 Å². The van der Waals surface area contributed by atoms with Crippen molar-refractivity contribution in [1.29, 1.82) is 0 Å². The molecular formula is C13H23N3O. The first-order valence-electron chi connectivity index (χ1n) is 6.52. The Morgan fingerprint density at radius 2 is 2.35 bits per heavy atom. The fourth-order valence-electron chi connectivity index (χ4n) is 2.40.